The number of rotatable bonds is 4. The first-order chi connectivity index (χ1) is 13.8. The summed E-state index contributed by atoms with van der Waals surface area (Å²) in [5.41, 5.74) is 13.7. The van der Waals surface area contributed by atoms with E-state index in [0.29, 0.717) is 30.1 Å². The highest BCUT2D eigenvalue weighted by Crippen LogP contribution is 2.39. The van der Waals surface area contributed by atoms with E-state index in [1.807, 2.05) is 11.9 Å². The van der Waals surface area contributed by atoms with E-state index in [9.17, 15) is 13.2 Å². The topological polar surface area (TPSA) is 122 Å². The van der Waals surface area contributed by atoms with Gasteiger partial charge in [-0.3, -0.25) is 4.40 Å². The zero-order valence-electron chi connectivity index (χ0n) is 15.3. The maximum atomic E-state index is 13.7. The van der Waals surface area contributed by atoms with Crippen molar-refractivity contribution in [3.05, 3.63) is 29.6 Å². The Bertz CT molecular complexity index is 1080. The third-order valence-corrected chi connectivity index (χ3v) is 5.01. The smallest absolute Gasteiger partial charge is 0.351 e. The molecule has 0 bridgehead atoms. The first kappa shape index (κ1) is 19.1. The molecule has 0 aliphatic carbocycles. The van der Waals surface area contributed by atoms with Crippen LogP contribution in [0.1, 0.15) is 17.3 Å². The number of nitrogens with one attached hydrogen (secondary N) is 2. The highest BCUT2D eigenvalue weighted by Gasteiger charge is 2.36. The van der Waals surface area contributed by atoms with Gasteiger partial charge >= 0.3 is 6.18 Å². The van der Waals surface area contributed by atoms with Crippen LogP contribution in [0, 0.1) is 11.1 Å². The van der Waals surface area contributed by atoms with Crippen molar-refractivity contribution in [3.63, 3.8) is 0 Å². The fourth-order valence-corrected chi connectivity index (χ4v) is 3.46. The largest absolute Gasteiger partial charge is 0.416 e. The van der Waals surface area contributed by atoms with Crippen LogP contribution < -0.4 is 4.90 Å². The summed E-state index contributed by atoms with van der Waals surface area (Å²) in [5.74, 6) is 0.468. The Kier molecular flexibility index (Phi) is 4.61. The minimum atomic E-state index is -4.71. The number of alkyl halides is 3. The monoisotopic (exact) mass is 406 g/mol. The molecule has 2 aromatic heterocycles. The number of anilines is 1. The zero-order valence-corrected chi connectivity index (χ0v) is 15.3. The molecule has 1 fully saturated rings. The van der Waals surface area contributed by atoms with Crippen molar-refractivity contribution in [2.75, 3.05) is 38.1 Å². The predicted molar refractivity (Wildman–Crippen MR) is 96.0 cm³/mol. The molecule has 0 atom stereocenters. The summed E-state index contributed by atoms with van der Waals surface area (Å²) in [6.45, 7) is 2.92. The number of piperazine rings is 1. The van der Waals surface area contributed by atoms with Crippen LogP contribution in [-0.4, -0.2) is 57.7 Å². The number of halogens is 3. The Morgan fingerprint density at radius 3 is 2.41 bits per heavy atom. The molecule has 4 rings (SSSR count). The molecule has 29 heavy (non-hydrogen) atoms. The van der Waals surface area contributed by atoms with E-state index in [0.717, 1.165) is 19.2 Å². The van der Waals surface area contributed by atoms with E-state index in [1.54, 1.807) is 4.40 Å². The Balaban J connectivity index is 1.98. The third kappa shape index (κ3) is 3.26. The van der Waals surface area contributed by atoms with Crippen LogP contribution in [-0.2, 0) is 6.18 Å². The van der Waals surface area contributed by atoms with Gasteiger partial charge in [-0.15, -0.1) is 10.2 Å². The van der Waals surface area contributed by atoms with Gasteiger partial charge in [-0.1, -0.05) is 0 Å². The molecule has 13 heteroatoms. The minimum Gasteiger partial charge on any atom is -0.351 e. The van der Waals surface area contributed by atoms with Gasteiger partial charge in [0.05, 0.1) is 16.6 Å². The lowest BCUT2D eigenvalue weighted by molar-refractivity contribution is -0.138. The maximum Gasteiger partial charge on any atom is 0.416 e. The van der Waals surface area contributed by atoms with Gasteiger partial charge in [0.15, 0.2) is 5.82 Å². The van der Waals surface area contributed by atoms with Crippen LogP contribution in [0.2, 0.25) is 0 Å². The van der Waals surface area contributed by atoms with Gasteiger partial charge in [0, 0.05) is 31.7 Å². The lowest BCUT2D eigenvalue weighted by Gasteiger charge is -2.33. The van der Waals surface area contributed by atoms with Crippen molar-refractivity contribution < 1.29 is 13.2 Å². The molecule has 0 amide bonds. The quantitative estimate of drug-likeness (QED) is 0.645. The SMILES string of the molecule is CN1CCN(c2nc3cc(C(F)(F)F)c(C(N=N)N=N)cc3n3cnnc23)CC1. The number of fused-ring (bicyclic) bond motifs is 3. The highest BCUT2D eigenvalue weighted by molar-refractivity contribution is 5.84. The fourth-order valence-electron chi connectivity index (χ4n) is 3.46. The molecule has 152 valence electrons. The van der Waals surface area contributed by atoms with Crippen LogP contribution >= 0.6 is 0 Å². The van der Waals surface area contributed by atoms with E-state index in [-0.39, 0.29) is 11.1 Å². The average molecular weight is 406 g/mol. The van der Waals surface area contributed by atoms with E-state index < -0.39 is 17.9 Å². The zero-order chi connectivity index (χ0) is 20.8. The van der Waals surface area contributed by atoms with E-state index in [1.165, 1.54) is 12.4 Å². The first-order valence-electron chi connectivity index (χ1n) is 8.74. The second-order valence-electron chi connectivity index (χ2n) is 6.81. The van der Waals surface area contributed by atoms with Gasteiger partial charge in [-0.2, -0.15) is 23.4 Å². The molecule has 1 aromatic carbocycles. The number of hydrogen-bond donors (Lipinski definition) is 2. The normalized spacial score (nSPS) is 17.0. The summed E-state index contributed by atoms with van der Waals surface area (Å²) < 4.78 is 42.6. The molecule has 3 aromatic rings. The second kappa shape index (κ2) is 6.99. The highest BCUT2D eigenvalue weighted by atomic mass is 19.4. The van der Waals surface area contributed by atoms with Gasteiger partial charge in [-0.25, -0.2) is 16.0 Å². The summed E-state index contributed by atoms with van der Waals surface area (Å²) in [6.07, 6.45) is -4.89. The summed E-state index contributed by atoms with van der Waals surface area (Å²) in [5, 5.41) is 14.1. The van der Waals surface area contributed by atoms with Crippen LogP contribution in [0.25, 0.3) is 16.7 Å². The number of benzene rings is 1. The van der Waals surface area contributed by atoms with Crippen molar-refractivity contribution in [1.82, 2.24) is 24.5 Å². The maximum absolute atomic E-state index is 13.7. The summed E-state index contributed by atoms with van der Waals surface area (Å²) >= 11 is 0. The standard InChI is InChI=1S/C16H17F3N10/c1-27-2-4-28(5-3-27)14-15-26-22-8-29(15)12-6-9(13(24-20)25-21)10(16(17,18)19)7-11(12)23-14/h6-8,13,20-21H,2-5H2,1H3. The molecule has 1 saturated heterocycles. The van der Waals surface area contributed by atoms with E-state index in [2.05, 4.69) is 30.3 Å². The number of likely N-dealkylation sites (N-methyl/N-ethyl adjacent to an activating group) is 1. The lowest BCUT2D eigenvalue weighted by Crippen LogP contribution is -2.45. The van der Waals surface area contributed by atoms with Crippen molar-refractivity contribution in [2.45, 2.75) is 12.3 Å². The molecular weight excluding hydrogens is 389 g/mol. The van der Waals surface area contributed by atoms with Gasteiger partial charge in [-0.05, 0) is 19.2 Å². The molecule has 10 nitrogen and oxygen atoms in total. The van der Waals surface area contributed by atoms with Gasteiger partial charge < -0.3 is 9.80 Å². The molecule has 3 heterocycles. The molecule has 1 aliphatic rings. The Morgan fingerprint density at radius 2 is 1.79 bits per heavy atom. The summed E-state index contributed by atoms with van der Waals surface area (Å²) in [6, 6.07) is 2.11. The molecule has 0 saturated carbocycles. The molecule has 2 N–H and O–H groups in total. The first-order valence-corrected chi connectivity index (χ1v) is 8.74. The van der Waals surface area contributed by atoms with Gasteiger partial charge in [0.25, 0.3) is 0 Å². The Morgan fingerprint density at radius 1 is 1.10 bits per heavy atom. The van der Waals surface area contributed by atoms with E-state index in [4.69, 9.17) is 11.1 Å². The van der Waals surface area contributed by atoms with Gasteiger partial charge in [0.1, 0.15) is 6.33 Å². The number of hydrogen-bond acceptors (Lipinski definition) is 9. The van der Waals surface area contributed by atoms with Crippen molar-refractivity contribution in [2.24, 2.45) is 10.2 Å². The van der Waals surface area contributed by atoms with Gasteiger partial charge in [0.2, 0.25) is 11.8 Å². The van der Waals surface area contributed by atoms with Crippen molar-refractivity contribution in [3.8, 4) is 0 Å². The minimum absolute atomic E-state index is 0.107. The predicted octanol–water partition coefficient (Wildman–Crippen LogP) is 3.11. The summed E-state index contributed by atoms with van der Waals surface area (Å²) in [7, 11) is 2.00. The number of nitrogens with zero attached hydrogens (tertiary/aromatic N) is 8. The van der Waals surface area contributed by atoms with Crippen LogP contribution in [0.15, 0.2) is 28.7 Å². The van der Waals surface area contributed by atoms with Crippen molar-refractivity contribution >= 4 is 22.5 Å². The van der Waals surface area contributed by atoms with Crippen LogP contribution in [0.4, 0.5) is 19.0 Å². The summed E-state index contributed by atoms with van der Waals surface area (Å²) in [4.78, 5) is 8.61. The Labute approximate surface area is 162 Å². The van der Waals surface area contributed by atoms with Crippen molar-refractivity contribution in [1.29, 1.82) is 11.1 Å². The third-order valence-electron chi connectivity index (χ3n) is 5.01. The molecule has 1 aliphatic heterocycles. The fraction of sp³-hybridized carbons (Fsp3) is 0.438. The lowest BCUT2D eigenvalue weighted by atomic mass is 10.0. The van der Waals surface area contributed by atoms with E-state index >= 15 is 0 Å². The second-order valence-corrected chi connectivity index (χ2v) is 6.81. The number of aromatic nitrogens is 4. The Hall–Kier alpha value is -3.22. The van der Waals surface area contributed by atoms with Crippen LogP contribution in [0.5, 0.6) is 0 Å². The van der Waals surface area contributed by atoms with Crippen LogP contribution in [0.3, 0.4) is 0 Å². The molecular formula is C16H17F3N10. The molecule has 0 radical (unpaired) electrons. The molecule has 0 spiro atoms. The average Bonchev–Trinajstić information content (AvgIpc) is 3.18. The molecule has 0 unspecified atom stereocenters.